The lowest BCUT2D eigenvalue weighted by atomic mass is 10.0. The summed E-state index contributed by atoms with van der Waals surface area (Å²) in [5.41, 5.74) is 6.02. The maximum absolute atomic E-state index is 12.9. The lowest BCUT2D eigenvalue weighted by Gasteiger charge is -2.13. The summed E-state index contributed by atoms with van der Waals surface area (Å²) >= 11 is 0. The Morgan fingerprint density at radius 3 is 2.67 bits per heavy atom. The zero-order chi connectivity index (χ0) is 13.5. The Kier molecular flexibility index (Phi) is 5.71. The number of amides is 1. The number of hydrogen-bond acceptors (Lipinski definition) is 2. The molecule has 0 aromatic heterocycles. The van der Waals surface area contributed by atoms with Crippen LogP contribution >= 0.6 is 0 Å². The molecule has 0 saturated heterocycles. The van der Waals surface area contributed by atoms with Gasteiger partial charge in [0.05, 0.1) is 5.92 Å². The fourth-order valence-corrected chi connectivity index (χ4v) is 1.69. The molecule has 1 aromatic carbocycles. The predicted octanol–water partition coefficient (Wildman–Crippen LogP) is 1.96. The zero-order valence-corrected chi connectivity index (χ0v) is 10.4. The van der Waals surface area contributed by atoms with Crippen LogP contribution in [0.2, 0.25) is 0 Å². The molecular formula is C13H18F2N2O. The summed E-state index contributed by atoms with van der Waals surface area (Å²) in [7, 11) is 0. The Balaban J connectivity index is 2.53. The van der Waals surface area contributed by atoms with Crippen molar-refractivity contribution in [2.75, 3.05) is 6.54 Å². The molecule has 0 spiro atoms. The summed E-state index contributed by atoms with van der Waals surface area (Å²) in [6, 6.07) is 3.56. The molecule has 0 aliphatic heterocycles. The topological polar surface area (TPSA) is 55.1 Å². The van der Waals surface area contributed by atoms with Crippen LogP contribution in [0.25, 0.3) is 0 Å². The highest BCUT2D eigenvalue weighted by Crippen LogP contribution is 2.09. The number of carbonyl (C=O) groups excluding carboxylic acids is 1. The smallest absolute Gasteiger partial charge is 0.224 e. The van der Waals surface area contributed by atoms with Crippen LogP contribution in [0.3, 0.4) is 0 Å². The molecule has 0 saturated carbocycles. The average molecular weight is 256 g/mol. The third-order valence-corrected chi connectivity index (χ3v) is 2.74. The second kappa shape index (κ2) is 7.06. The van der Waals surface area contributed by atoms with Crippen molar-refractivity contribution in [3.8, 4) is 0 Å². The Morgan fingerprint density at radius 1 is 1.39 bits per heavy atom. The molecule has 3 N–H and O–H groups in total. The van der Waals surface area contributed by atoms with E-state index in [1.54, 1.807) is 0 Å². The zero-order valence-electron chi connectivity index (χ0n) is 10.4. The minimum atomic E-state index is -0.911. The molecule has 100 valence electrons. The molecule has 0 bridgehead atoms. The van der Waals surface area contributed by atoms with Gasteiger partial charge < -0.3 is 11.1 Å². The largest absolute Gasteiger partial charge is 0.352 e. The molecule has 0 aliphatic rings. The first kappa shape index (κ1) is 14.6. The molecule has 5 heteroatoms. The standard InChI is InChI=1S/C13H18F2N2O/c1-2-3-10(7-16)13(18)17-8-9-4-5-11(14)12(15)6-9/h4-6,10H,2-3,7-8,16H2,1H3,(H,17,18). The van der Waals surface area contributed by atoms with E-state index in [2.05, 4.69) is 5.32 Å². The lowest BCUT2D eigenvalue weighted by molar-refractivity contribution is -0.125. The van der Waals surface area contributed by atoms with Gasteiger partial charge in [-0.25, -0.2) is 8.78 Å². The summed E-state index contributed by atoms with van der Waals surface area (Å²) in [6.45, 7) is 2.44. The molecule has 1 aromatic rings. The normalized spacial score (nSPS) is 12.2. The third kappa shape index (κ3) is 4.07. The first-order chi connectivity index (χ1) is 8.58. The highest BCUT2D eigenvalue weighted by molar-refractivity contribution is 5.78. The van der Waals surface area contributed by atoms with Gasteiger partial charge in [-0.1, -0.05) is 19.4 Å². The van der Waals surface area contributed by atoms with E-state index in [0.717, 1.165) is 25.0 Å². The van der Waals surface area contributed by atoms with Crippen molar-refractivity contribution in [2.24, 2.45) is 11.7 Å². The molecule has 0 radical (unpaired) electrons. The van der Waals surface area contributed by atoms with Gasteiger partial charge in [-0.2, -0.15) is 0 Å². The number of rotatable bonds is 6. The van der Waals surface area contributed by atoms with E-state index >= 15 is 0 Å². The van der Waals surface area contributed by atoms with Crippen LogP contribution in [0, 0.1) is 17.6 Å². The van der Waals surface area contributed by atoms with Crippen LogP contribution in [-0.4, -0.2) is 12.5 Å². The van der Waals surface area contributed by atoms with Crippen LogP contribution in [0.15, 0.2) is 18.2 Å². The molecule has 1 amide bonds. The fraction of sp³-hybridized carbons (Fsp3) is 0.462. The van der Waals surface area contributed by atoms with Crippen molar-refractivity contribution in [1.29, 1.82) is 0 Å². The van der Waals surface area contributed by atoms with Gasteiger partial charge >= 0.3 is 0 Å². The van der Waals surface area contributed by atoms with Crippen molar-refractivity contribution in [2.45, 2.75) is 26.3 Å². The Labute approximate surface area is 105 Å². The molecular weight excluding hydrogens is 238 g/mol. The van der Waals surface area contributed by atoms with Crippen molar-refractivity contribution in [1.82, 2.24) is 5.32 Å². The van der Waals surface area contributed by atoms with E-state index in [-0.39, 0.29) is 24.9 Å². The monoisotopic (exact) mass is 256 g/mol. The first-order valence-corrected chi connectivity index (χ1v) is 6.00. The molecule has 0 heterocycles. The molecule has 3 nitrogen and oxygen atoms in total. The Bertz CT molecular complexity index is 410. The highest BCUT2D eigenvalue weighted by atomic mass is 19.2. The maximum atomic E-state index is 12.9. The summed E-state index contributed by atoms with van der Waals surface area (Å²) in [5.74, 6) is -2.18. The maximum Gasteiger partial charge on any atom is 0.224 e. The van der Waals surface area contributed by atoms with E-state index in [9.17, 15) is 13.6 Å². The summed E-state index contributed by atoms with van der Waals surface area (Å²) < 4.78 is 25.6. The third-order valence-electron chi connectivity index (χ3n) is 2.74. The van der Waals surface area contributed by atoms with Crippen LogP contribution in [0.1, 0.15) is 25.3 Å². The van der Waals surface area contributed by atoms with Gasteiger partial charge in [0.1, 0.15) is 0 Å². The number of hydrogen-bond donors (Lipinski definition) is 2. The predicted molar refractivity (Wildman–Crippen MR) is 65.7 cm³/mol. The van der Waals surface area contributed by atoms with Gasteiger partial charge in [-0.15, -0.1) is 0 Å². The van der Waals surface area contributed by atoms with Gasteiger partial charge in [0.15, 0.2) is 11.6 Å². The molecule has 0 aliphatic carbocycles. The van der Waals surface area contributed by atoms with Crippen molar-refractivity contribution < 1.29 is 13.6 Å². The van der Waals surface area contributed by atoms with E-state index in [1.165, 1.54) is 6.07 Å². The van der Waals surface area contributed by atoms with Gasteiger partial charge in [0.2, 0.25) is 5.91 Å². The second-order valence-corrected chi connectivity index (χ2v) is 4.19. The quantitative estimate of drug-likeness (QED) is 0.817. The van der Waals surface area contributed by atoms with E-state index < -0.39 is 11.6 Å². The van der Waals surface area contributed by atoms with Gasteiger partial charge in [-0.3, -0.25) is 4.79 Å². The van der Waals surface area contributed by atoms with Crippen molar-refractivity contribution in [3.63, 3.8) is 0 Å². The number of benzene rings is 1. The van der Waals surface area contributed by atoms with Crippen molar-refractivity contribution in [3.05, 3.63) is 35.4 Å². The highest BCUT2D eigenvalue weighted by Gasteiger charge is 2.15. The minimum Gasteiger partial charge on any atom is -0.352 e. The summed E-state index contributed by atoms with van der Waals surface area (Å²) in [5, 5.41) is 2.67. The van der Waals surface area contributed by atoms with Crippen LogP contribution in [0.5, 0.6) is 0 Å². The Hall–Kier alpha value is -1.49. The lowest BCUT2D eigenvalue weighted by Crippen LogP contribution is -2.34. The van der Waals surface area contributed by atoms with Crippen LogP contribution in [0.4, 0.5) is 8.78 Å². The minimum absolute atomic E-state index is 0.149. The first-order valence-electron chi connectivity index (χ1n) is 6.00. The van der Waals surface area contributed by atoms with Gasteiger partial charge in [-0.05, 0) is 24.1 Å². The number of nitrogens with two attached hydrogens (primary N) is 1. The number of carbonyl (C=O) groups is 1. The molecule has 1 atom stereocenters. The van der Waals surface area contributed by atoms with E-state index in [1.807, 2.05) is 6.92 Å². The van der Waals surface area contributed by atoms with E-state index in [0.29, 0.717) is 5.56 Å². The van der Waals surface area contributed by atoms with E-state index in [4.69, 9.17) is 5.73 Å². The second-order valence-electron chi connectivity index (χ2n) is 4.19. The number of nitrogens with one attached hydrogen (secondary N) is 1. The molecule has 18 heavy (non-hydrogen) atoms. The Morgan fingerprint density at radius 2 is 2.11 bits per heavy atom. The summed E-state index contributed by atoms with van der Waals surface area (Å²) in [4.78, 5) is 11.7. The fourth-order valence-electron chi connectivity index (χ4n) is 1.69. The SMILES string of the molecule is CCCC(CN)C(=O)NCc1ccc(F)c(F)c1. The van der Waals surface area contributed by atoms with Crippen LogP contribution < -0.4 is 11.1 Å². The van der Waals surface area contributed by atoms with Gasteiger partial charge in [0, 0.05) is 13.1 Å². The summed E-state index contributed by atoms with van der Waals surface area (Å²) in [6.07, 6.45) is 1.60. The molecule has 1 rings (SSSR count). The molecule has 0 fully saturated rings. The molecule has 1 unspecified atom stereocenters. The average Bonchev–Trinajstić information content (AvgIpc) is 2.37. The number of halogens is 2. The van der Waals surface area contributed by atoms with Gasteiger partial charge in [0.25, 0.3) is 0 Å². The van der Waals surface area contributed by atoms with Crippen LogP contribution in [-0.2, 0) is 11.3 Å². The van der Waals surface area contributed by atoms with Crippen molar-refractivity contribution >= 4 is 5.91 Å².